The van der Waals surface area contributed by atoms with Gasteiger partial charge in [-0.15, -0.1) is 0 Å². The minimum atomic E-state index is -1.78. The van der Waals surface area contributed by atoms with Crippen molar-refractivity contribution in [3.8, 4) is 0 Å². The van der Waals surface area contributed by atoms with E-state index in [-0.39, 0.29) is 11.3 Å². The summed E-state index contributed by atoms with van der Waals surface area (Å²) in [7, 11) is 0. The Kier molecular flexibility index (Phi) is 1.96. The smallest absolute Gasteiger partial charge is 0.279 e. The van der Waals surface area contributed by atoms with Crippen LogP contribution in [0.15, 0.2) is 23.1 Å². The highest BCUT2D eigenvalue weighted by atomic mass is 32.2. The predicted octanol–water partition coefficient (Wildman–Crippen LogP) is 1.93. The first-order chi connectivity index (χ1) is 6.49. The highest BCUT2D eigenvalue weighted by Gasteiger charge is 2.31. The monoisotopic (exact) mass is 213 g/mol. The second kappa shape index (κ2) is 2.92. The lowest BCUT2D eigenvalue weighted by molar-refractivity contribution is -0.694. The summed E-state index contributed by atoms with van der Waals surface area (Å²) in [5, 5.41) is 32.7. The van der Waals surface area contributed by atoms with Crippen molar-refractivity contribution in [2.75, 3.05) is 0 Å². The standard InChI is InChI=1S/C7H5N2O4S/c10-8(11)6-2-1-3-7-5(6)4-9(12,13)14-7/h1-3H,4H2/q-1. The zero-order chi connectivity index (χ0) is 10.3. The summed E-state index contributed by atoms with van der Waals surface area (Å²) in [4.78, 5) is 10.4. The van der Waals surface area contributed by atoms with Gasteiger partial charge in [0.05, 0.1) is 9.82 Å². The summed E-state index contributed by atoms with van der Waals surface area (Å²) in [5.74, 6) is 0. The molecular formula is C7H5N2O4S-. The lowest BCUT2D eigenvalue weighted by Crippen LogP contribution is -2.20. The Morgan fingerprint density at radius 3 is 2.79 bits per heavy atom. The molecule has 0 bridgehead atoms. The molecule has 0 unspecified atom stereocenters. The molecule has 0 aromatic heterocycles. The van der Waals surface area contributed by atoms with Crippen LogP contribution in [0.2, 0.25) is 0 Å². The molecule has 0 fully saturated rings. The van der Waals surface area contributed by atoms with Crippen LogP contribution in [0.5, 0.6) is 0 Å². The van der Waals surface area contributed by atoms with Gasteiger partial charge < -0.3 is 14.6 Å². The first-order valence-electron chi connectivity index (χ1n) is 3.75. The van der Waals surface area contributed by atoms with E-state index in [4.69, 9.17) is 0 Å². The Labute approximate surface area is 83.2 Å². The Hall–Kier alpha value is -1.15. The molecule has 0 saturated heterocycles. The number of fused-ring (bicyclic) bond motifs is 1. The second-order valence-corrected chi connectivity index (χ2v) is 4.05. The van der Waals surface area contributed by atoms with Crippen molar-refractivity contribution in [1.82, 2.24) is 0 Å². The minimum absolute atomic E-state index is 0.151. The van der Waals surface area contributed by atoms with Gasteiger partial charge in [-0.3, -0.25) is 10.1 Å². The van der Waals surface area contributed by atoms with E-state index in [1.54, 1.807) is 6.07 Å². The minimum Gasteiger partial charge on any atom is -0.618 e. The highest BCUT2D eigenvalue weighted by Crippen LogP contribution is 2.44. The van der Waals surface area contributed by atoms with Crippen LogP contribution in [0.25, 0.3) is 0 Å². The van der Waals surface area contributed by atoms with Gasteiger partial charge in [-0.2, -0.15) is 0 Å². The largest absolute Gasteiger partial charge is 0.618 e. The number of nitro groups is 1. The van der Waals surface area contributed by atoms with Crippen LogP contribution in [0, 0.1) is 20.5 Å². The molecule has 0 spiro atoms. The zero-order valence-electron chi connectivity index (χ0n) is 6.87. The van der Waals surface area contributed by atoms with Gasteiger partial charge in [-0.25, -0.2) is 0 Å². The molecule has 74 valence electrons. The number of benzene rings is 1. The molecule has 0 saturated carbocycles. The van der Waals surface area contributed by atoms with E-state index in [0.717, 1.165) is 0 Å². The number of hydrogen-bond donors (Lipinski definition) is 0. The summed E-state index contributed by atoms with van der Waals surface area (Å²) in [6.45, 7) is -0.392. The molecule has 1 aromatic carbocycles. The van der Waals surface area contributed by atoms with Crippen molar-refractivity contribution >= 4 is 17.6 Å². The van der Waals surface area contributed by atoms with Crippen LogP contribution in [-0.2, 0) is 6.54 Å². The third kappa shape index (κ3) is 1.46. The Morgan fingerprint density at radius 2 is 2.14 bits per heavy atom. The van der Waals surface area contributed by atoms with Crippen molar-refractivity contribution in [3.05, 3.63) is 44.3 Å². The highest BCUT2D eigenvalue weighted by molar-refractivity contribution is 7.94. The molecule has 1 aliphatic heterocycles. The van der Waals surface area contributed by atoms with Gasteiger partial charge >= 0.3 is 0 Å². The van der Waals surface area contributed by atoms with Crippen LogP contribution < -0.4 is 0 Å². The SMILES string of the molecule is O=[N+]([O-])c1cccc2c1C[N+]([O-])([O-])S2. The molecule has 1 aliphatic rings. The summed E-state index contributed by atoms with van der Waals surface area (Å²) in [5.41, 5.74) is 0.0919. The molecule has 7 heteroatoms. The van der Waals surface area contributed by atoms with Gasteiger partial charge in [-0.1, -0.05) is 6.07 Å². The third-order valence-electron chi connectivity index (χ3n) is 1.89. The van der Waals surface area contributed by atoms with Gasteiger partial charge in [0.25, 0.3) is 5.69 Å². The lowest BCUT2D eigenvalue weighted by Gasteiger charge is -2.38. The fourth-order valence-corrected chi connectivity index (χ4v) is 2.26. The maximum atomic E-state index is 11.1. The molecule has 2 rings (SSSR count). The molecule has 1 aromatic rings. The summed E-state index contributed by atoms with van der Waals surface area (Å²) in [6, 6.07) is 4.31. The van der Waals surface area contributed by atoms with Gasteiger partial charge in [0.1, 0.15) is 24.1 Å². The molecule has 6 nitrogen and oxygen atoms in total. The van der Waals surface area contributed by atoms with Gasteiger partial charge in [0.15, 0.2) is 0 Å². The number of rotatable bonds is 1. The van der Waals surface area contributed by atoms with Crippen molar-refractivity contribution in [2.45, 2.75) is 11.4 Å². The molecule has 0 atom stereocenters. The molecule has 1 heterocycles. The van der Waals surface area contributed by atoms with Crippen molar-refractivity contribution in [3.63, 3.8) is 0 Å². The van der Waals surface area contributed by atoms with E-state index in [2.05, 4.69) is 0 Å². The van der Waals surface area contributed by atoms with E-state index in [1.807, 2.05) is 0 Å². The molecule has 14 heavy (non-hydrogen) atoms. The van der Waals surface area contributed by atoms with Gasteiger partial charge in [-0.05, 0) is 6.07 Å². The van der Waals surface area contributed by atoms with E-state index in [1.165, 1.54) is 12.1 Å². The zero-order valence-corrected chi connectivity index (χ0v) is 7.69. The van der Waals surface area contributed by atoms with Crippen LogP contribution in [-0.4, -0.2) is 9.14 Å². The van der Waals surface area contributed by atoms with E-state index in [0.29, 0.717) is 16.8 Å². The predicted molar refractivity (Wildman–Crippen MR) is 49.7 cm³/mol. The average Bonchev–Trinajstić information content (AvgIpc) is 2.36. The fraction of sp³-hybridized carbons (Fsp3) is 0.143. The van der Waals surface area contributed by atoms with E-state index < -0.39 is 15.7 Å². The maximum Gasteiger partial charge on any atom is 0.279 e. The quantitative estimate of drug-likeness (QED) is 0.234. The first-order valence-corrected chi connectivity index (χ1v) is 4.53. The Morgan fingerprint density at radius 1 is 1.43 bits per heavy atom. The summed E-state index contributed by atoms with van der Waals surface area (Å²) in [6.07, 6.45) is 0. The summed E-state index contributed by atoms with van der Waals surface area (Å²) >= 11 is 0.547. The third-order valence-corrected chi connectivity index (χ3v) is 2.88. The molecular weight excluding hydrogens is 208 g/mol. The van der Waals surface area contributed by atoms with Crippen LogP contribution >= 0.6 is 11.9 Å². The fourth-order valence-electron chi connectivity index (χ4n) is 1.35. The molecule has 0 amide bonds. The van der Waals surface area contributed by atoms with Crippen LogP contribution in [0.3, 0.4) is 0 Å². The number of nitrogens with zero attached hydrogens (tertiary/aromatic N) is 2. The number of hydrogen-bond acceptors (Lipinski definition) is 5. The Bertz CT molecular complexity index is 407. The maximum absolute atomic E-state index is 11.1. The Balaban J connectivity index is 2.52. The lowest BCUT2D eigenvalue weighted by atomic mass is 10.2. The van der Waals surface area contributed by atoms with Gasteiger partial charge in [0, 0.05) is 6.07 Å². The van der Waals surface area contributed by atoms with E-state index in [9.17, 15) is 20.5 Å². The van der Waals surface area contributed by atoms with Crippen molar-refractivity contribution in [2.24, 2.45) is 0 Å². The average molecular weight is 213 g/mol. The van der Waals surface area contributed by atoms with Crippen LogP contribution in [0.4, 0.5) is 5.69 Å². The van der Waals surface area contributed by atoms with Crippen molar-refractivity contribution < 1.29 is 9.14 Å². The first kappa shape index (κ1) is 9.41. The number of hydroxylamine groups is 2. The van der Waals surface area contributed by atoms with Crippen LogP contribution in [0.1, 0.15) is 5.56 Å². The van der Waals surface area contributed by atoms with Crippen molar-refractivity contribution in [1.29, 1.82) is 0 Å². The number of quaternary nitrogens is 1. The second-order valence-electron chi connectivity index (χ2n) is 2.87. The summed E-state index contributed by atoms with van der Waals surface area (Å²) < 4.78 is -1.78. The molecule has 0 radical (unpaired) electrons. The van der Waals surface area contributed by atoms with Gasteiger partial charge in [0.2, 0.25) is 0 Å². The van der Waals surface area contributed by atoms with E-state index >= 15 is 0 Å². The number of nitro benzene ring substituents is 1. The molecule has 0 aliphatic carbocycles. The molecule has 0 N–H and O–H groups in total. The normalized spacial score (nSPS) is 17.9. The topological polar surface area (TPSA) is 89.3 Å².